The highest BCUT2D eigenvalue weighted by Gasteiger charge is 2.30. The lowest BCUT2D eigenvalue weighted by Crippen LogP contribution is -2.10. The molecular formula is C20H36O2. The van der Waals surface area contributed by atoms with E-state index in [1.165, 1.54) is 63.4 Å². The molecule has 0 saturated heterocycles. The van der Waals surface area contributed by atoms with Crippen LogP contribution in [0.4, 0.5) is 0 Å². The van der Waals surface area contributed by atoms with E-state index in [1.54, 1.807) is 7.11 Å². The first-order chi connectivity index (χ1) is 10.7. The Bertz CT molecular complexity index is 344. The minimum atomic E-state index is 0.0734. The van der Waals surface area contributed by atoms with Gasteiger partial charge in [-0.1, -0.05) is 65.2 Å². The average molecular weight is 309 g/mol. The Labute approximate surface area is 137 Å². The summed E-state index contributed by atoms with van der Waals surface area (Å²) in [6.07, 6.45) is 15.4. The van der Waals surface area contributed by atoms with Gasteiger partial charge in [0.2, 0.25) is 0 Å². The van der Waals surface area contributed by atoms with Crippen LogP contribution in [0.1, 0.15) is 97.3 Å². The number of ether oxygens (including phenoxy) is 1. The Morgan fingerprint density at radius 3 is 1.95 bits per heavy atom. The zero-order chi connectivity index (χ0) is 16.2. The number of hydrogen-bond donors (Lipinski definition) is 0. The van der Waals surface area contributed by atoms with Gasteiger partial charge in [-0.3, -0.25) is 4.79 Å². The molecule has 0 aromatic carbocycles. The quantitative estimate of drug-likeness (QED) is 0.390. The first-order valence-corrected chi connectivity index (χ1v) is 9.52. The highest BCUT2D eigenvalue weighted by Crippen LogP contribution is 2.33. The minimum Gasteiger partial charge on any atom is -0.377 e. The van der Waals surface area contributed by atoms with E-state index in [-0.39, 0.29) is 6.10 Å². The minimum absolute atomic E-state index is 0.0734. The Morgan fingerprint density at radius 2 is 1.41 bits per heavy atom. The molecule has 0 heterocycles. The molecule has 0 fully saturated rings. The van der Waals surface area contributed by atoms with E-state index >= 15 is 0 Å². The summed E-state index contributed by atoms with van der Waals surface area (Å²) in [5.74, 6) is 0.353. The number of hydrogen-bond acceptors (Lipinski definition) is 2. The van der Waals surface area contributed by atoms with Crippen molar-refractivity contribution >= 4 is 5.78 Å². The van der Waals surface area contributed by atoms with Crippen molar-refractivity contribution < 1.29 is 9.53 Å². The second-order valence-corrected chi connectivity index (χ2v) is 6.68. The third-order valence-electron chi connectivity index (χ3n) is 4.85. The molecule has 0 aromatic rings. The van der Waals surface area contributed by atoms with Crippen molar-refractivity contribution in [3.63, 3.8) is 0 Å². The molecule has 0 amide bonds. The molecule has 0 bridgehead atoms. The molecule has 0 spiro atoms. The Balaban J connectivity index is 2.47. The maximum atomic E-state index is 12.3. The predicted octanol–water partition coefficient (Wildman–Crippen LogP) is 5.99. The zero-order valence-electron chi connectivity index (χ0n) is 15.1. The summed E-state index contributed by atoms with van der Waals surface area (Å²) in [5.41, 5.74) is 2.46. The van der Waals surface area contributed by atoms with Crippen LogP contribution in [0.3, 0.4) is 0 Å². The molecular weight excluding hydrogens is 272 g/mol. The van der Waals surface area contributed by atoms with Crippen molar-refractivity contribution in [1.82, 2.24) is 0 Å². The summed E-state index contributed by atoms with van der Waals surface area (Å²) < 4.78 is 5.57. The van der Waals surface area contributed by atoms with Gasteiger partial charge in [0.25, 0.3) is 0 Å². The van der Waals surface area contributed by atoms with Gasteiger partial charge in [0.15, 0.2) is 5.78 Å². The van der Waals surface area contributed by atoms with Gasteiger partial charge in [0.1, 0.15) is 0 Å². The second kappa shape index (κ2) is 11.9. The van der Waals surface area contributed by atoms with Crippen molar-refractivity contribution in [2.24, 2.45) is 0 Å². The van der Waals surface area contributed by atoms with Crippen molar-refractivity contribution in [3.8, 4) is 0 Å². The fourth-order valence-corrected chi connectivity index (χ4v) is 3.45. The number of unbranched alkanes of at least 4 members (excludes halogenated alkanes) is 8. The Morgan fingerprint density at radius 1 is 0.864 bits per heavy atom. The van der Waals surface area contributed by atoms with E-state index in [4.69, 9.17) is 4.74 Å². The van der Waals surface area contributed by atoms with Gasteiger partial charge in [-0.15, -0.1) is 0 Å². The number of ketones is 1. The van der Waals surface area contributed by atoms with Crippen LogP contribution in [0.15, 0.2) is 11.1 Å². The molecule has 2 heteroatoms. The van der Waals surface area contributed by atoms with E-state index in [9.17, 15) is 4.79 Å². The first-order valence-electron chi connectivity index (χ1n) is 9.52. The van der Waals surface area contributed by atoms with Gasteiger partial charge in [-0.05, 0) is 36.8 Å². The van der Waals surface area contributed by atoms with Crippen LogP contribution in [0.5, 0.6) is 0 Å². The van der Waals surface area contributed by atoms with Crippen molar-refractivity contribution in [2.75, 3.05) is 7.11 Å². The number of methoxy groups -OCH3 is 1. The van der Waals surface area contributed by atoms with Crippen LogP contribution in [-0.4, -0.2) is 19.0 Å². The van der Waals surface area contributed by atoms with E-state index in [2.05, 4.69) is 13.8 Å². The first kappa shape index (κ1) is 19.4. The molecule has 1 unspecified atom stereocenters. The molecule has 0 N–H and O–H groups in total. The monoisotopic (exact) mass is 308 g/mol. The molecule has 1 rings (SSSR count). The highest BCUT2D eigenvalue weighted by atomic mass is 16.5. The number of carbonyl (C=O) groups is 1. The molecule has 0 aliphatic heterocycles. The molecule has 2 nitrogen and oxygen atoms in total. The normalized spacial score (nSPS) is 18.5. The molecule has 1 aliphatic rings. The second-order valence-electron chi connectivity index (χ2n) is 6.68. The molecule has 22 heavy (non-hydrogen) atoms. The predicted molar refractivity (Wildman–Crippen MR) is 94.2 cm³/mol. The van der Waals surface area contributed by atoms with Crippen molar-refractivity contribution in [1.29, 1.82) is 0 Å². The topological polar surface area (TPSA) is 26.3 Å². The average Bonchev–Trinajstić information content (AvgIpc) is 2.82. The summed E-state index contributed by atoms with van der Waals surface area (Å²) in [6.45, 7) is 4.48. The van der Waals surface area contributed by atoms with Gasteiger partial charge < -0.3 is 4.74 Å². The number of Topliss-reactive ketones (excluding diaryl/α,β-unsaturated/α-hetero) is 1. The Hall–Kier alpha value is -0.630. The Kier molecular flexibility index (Phi) is 10.5. The summed E-state index contributed by atoms with van der Waals surface area (Å²) in [5, 5.41) is 0. The lowest BCUT2D eigenvalue weighted by molar-refractivity contribution is -0.116. The smallest absolute Gasteiger partial charge is 0.161 e. The fourth-order valence-electron chi connectivity index (χ4n) is 3.45. The van der Waals surface area contributed by atoms with E-state index in [0.717, 1.165) is 24.8 Å². The lowest BCUT2D eigenvalue weighted by atomic mass is 9.97. The van der Waals surface area contributed by atoms with Gasteiger partial charge >= 0.3 is 0 Å². The van der Waals surface area contributed by atoms with Crippen LogP contribution in [0.25, 0.3) is 0 Å². The summed E-state index contributed by atoms with van der Waals surface area (Å²) in [6, 6.07) is 0. The zero-order valence-corrected chi connectivity index (χ0v) is 15.1. The van der Waals surface area contributed by atoms with Crippen LogP contribution < -0.4 is 0 Å². The van der Waals surface area contributed by atoms with E-state index in [0.29, 0.717) is 12.2 Å². The number of allylic oxidation sites excluding steroid dienone is 1. The van der Waals surface area contributed by atoms with Crippen LogP contribution in [0, 0.1) is 0 Å². The maximum absolute atomic E-state index is 12.3. The molecule has 1 atom stereocenters. The largest absolute Gasteiger partial charge is 0.377 e. The standard InChI is InChI=1S/C20H36O2/c1-4-6-8-10-12-14-17-18(15-13-11-9-7-5-2)20(22-3)16-19(17)21/h20H,4-16H2,1-3H3. The van der Waals surface area contributed by atoms with Gasteiger partial charge in [0.05, 0.1) is 6.10 Å². The number of rotatable bonds is 13. The third kappa shape index (κ3) is 6.64. The highest BCUT2D eigenvalue weighted by molar-refractivity contribution is 5.99. The van der Waals surface area contributed by atoms with Gasteiger partial charge in [-0.2, -0.15) is 0 Å². The van der Waals surface area contributed by atoms with Crippen molar-refractivity contribution in [2.45, 2.75) is 103 Å². The maximum Gasteiger partial charge on any atom is 0.161 e. The molecule has 0 radical (unpaired) electrons. The van der Waals surface area contributed by atoms with Gasteiger partial charge in [-0.25, -0.2) is 0 Å². The summed E-state index contributed by atoms with van der Waals surface area (Å²) in [4.78, 5) is 12.3. The van der Waals surface area contributed by atoms with Gasteiger partial charge in [0, 0.05) is 13.5 Å². The SMILES string of the molecule is CCCCCCCC1=C(CCCCCCC)C(OC)CC1=O. The molecule has 0 aromatic heterocycles. The van der Waals surface area contributed by atoms with E-state index < -0.39 is 0 Å². The van der Waals surface area contributed by atoms with Crippen LogP contribution in [0.2, 0.25) is 0 Å². The molecule has 1 aliphatic carbocycles. The van der Waals surface area contributed by atoms with Crippen LogP contribution in [-0.2, 0) is 9.53 Å². The lowest BCUT2D eigenvalue weighted by Gasteiger charge is -2.13. The molecule has 128 valence electrons. The molecule has 0 saturated carbocycles. The summed E-state index contributed by atoms with van der Waals surface area (Å²) in [7, 11) is 1.75. The number of carbonyl (C=O) groups excluding carboxylic acids is 1. The van der Waals surface area contributed by atoms with E-state index in [1.807, 2.05) is 0 Å². The van der Waals surface area contributed by atoms with Crippen LogP contribution >= 0.6 is 0 Å². The summed E-state index contributed by atoms with van der Waals surface area (Å²) >= 11 is 0. The fraction of sp³-hybridized carbons (Fsp3) is 0.850. The third-order valence-corrected chi connectivity index (χ3v) is 4.85. The van der Waals surface area contributed by atoms with Crippen molar-refractivity contribution in [3.05, 3.63) is 11.1 Å².